The minimum atomic E-state index is -1.12. The number of nitrogens with one attached hydrogen (secondary N) is 1. The van der Waals surface area contributed by atoms with Crippen molar-refractivity contribution < 1.29 is 38.1 Å². The summed E-state index contributed by atoms with van der Waals surface area (Å²) in [6.45, 7) is 3.31. The molecule has 1 amide bonds. The van der Waals surface area contributed by atoms with Gasteiger partial charge in [0.1, 0.15) is 12.7 Å². The monoisotopic (exact) mass is 643 g/mol. The lowest BCUT2D eigenvalue weighted by atomic mass is 9.94. The maximum Gasteiger partial charge on any atom is 0.511 e. The molecule has 3 unspecified atom stereocenters. The number of ether oxygens (including phenoxy) is 4. The molecule has 1 saturated carbocycles. The molecule has 0 radical (unpaired) electrons. The molecule has 9 nitrogen and oxygen atoms in total. The van der Waals surface area contributed by atoms with Crippen LogP contribution in [-0.2, 0) is 46.4 Å². The first-order valence-electron chi connectivity index (χ1n) is 16.5. The van der Waals surface area contributed by atoms with Crippen LogP contribution in [0.3, 0.4) is 0 Å². The van der Waals surface area contributed by atoms with Gasteiger partial charge in [-0.3, -0.25) is 14.4 Å². The summed E-state index contributed by atoms with van der Waals surface area (Å²) in [5.74, 6) is -1.98. The maximum absolute atomic E-state index is 13.0. The molecule has 0 bridgehead atoms. The summed E-state index contributed by atoms with van der Waals surface area (Å²) in [5.41, 5.74) is 4.00. The number of rotatable bonds is 15. The van der Waals surface area contributed by atoms with E-state index < -0.39 is 36.3 Å². The number of hydrogen-bond acceptors (Lipinski definition) is 8. The highest BCUT2D eigenvalue weighted by atomic mass is 16.8. The fraction of sp³-hybridized carbons (Fsp3) is 0.421. The van der Waals surface area contributed by atoms with Gasteiger partial charge in [0.25, 0.3) is 0 Å². The summed E-state index contributed by atoms with van der Waals surface area (Å²) in [6.07, 6.45) is 3.20. The Bertz CT molecular complexity index is 1420. The third kappa shape index (κ3) is 12.6. The topological polar surface area (TPSA) is 117 Å². The highest BCUT2D eigenvalue weighted by molar-refractivity contribution is 5.81. The number of hydrogen-bond donors (Lipinski definition) is 1. The van der Waals surface area contributed by atoms with Crippen LogP contribution >= 0.6 is 0 Å². The van der Waals surface area contributed by atoms with E-state index in [4.69, 9.17) is 18.9 Å². The van der Waals surface area contributed by atoms with E-state index in [1.807, 2.05) is 84.9 Å². The van der Waals surface area contributed by atoms with Crippen molar-refractivity contribution in [3.8, 4) is 11.1 Å². The van der Waals surface area contributed by atoms with Crippen molar-refractivity contribution >= 4 is 24.0 Å². The van der Waals surface area contributed by atoms with Crippen LogP contribution in [0, 0.1) is 5.92 Å². The van der Waals surface area contributed by atoms with E-state index in [0.717, 1.165) is 54.4 Å². The average Bonchev–Trinajstić information content (AvgIpc) is 3.07. The van der Waals surface area contributed by atoms with Gasteiger partial charge in [0.15, 0.2) is 0 Å². The molecule has 1 fully saturated rings. The number of esters is 2. The first kappa shape index (κ1) is 35.2. The molecular weight excluding hydrogens is 598 g/mol. The van der Waals surface area contributed by atoms with Crippen molar-refractivity contribution in [3.63, 3.8) is 0 Å². The Balaban J connectivity index is 1.31. The largest absolute Gasteiger partial charge is 0.511 e. The summed E-state index contributed by atoms with van der Waals surface area (Å²) >= 11 is 0. The van der Waals surface area contributed by atoms with E-state index in [2.05, 4.69) is 5.32 Å². The van der Waals surface area contributed by atoms with E-state index >= 15 is 0 Å². The maximum atomic E-state index is 13.0. The van der Waals surface area contributed by atoms with E-state index in [0.29, 0.717) is 6.42 Å². The van der Waals surface area contributed by atoms with Gasteiger partial charge in [-0.25, -0.2) is 4.79 Å². The van der Waals surface area contributed by atoms with E-state index in [1.54, 1.807) is 6.92 Å². The summed E-state index contributed by atoms with van der Waals surface area (Å²) in [7, 11) is 0. The lowest BCUT2D eigenvalue weighted by Gasteiger charge is -2.24. The zero-order valence-corrected chi connectivity index (χ0v) is 27.2. The number of carbonyl (C=O) groups is 4. The average molecular weight is 644 g/mol. The molecule has 0 aliphatic heterocycles. The lowest BCUT2D eigenvalue weighted by Crippen LogP contribution is -2.39. The molecule has 0 spiro atoms. The van der Waals surface area contributed by atoms with Crippen LogP contribution in [-0.4, -0.2) is 42.4 Å². The van der Waals surface area contributed by atoms with Gasteiger partial charge in [-0.05, 0) is 60.8 Å². The second kappa shape index (κ2) is 18.5. The van der Waals surface area contributed by atoms with Gasteiger partial charge in [-0.15, -0.1) is 0 Å². The molecular formula is C38H45NO8. The molecule has 9 heteroatoms. The van der Waals surface area contributed by atoms with Crippen LogP contribution in [0.4, 0.5) is 4.79 Å². The predicted molar refractivity (Wildman–Crippen MR) is 177 cm³/mol. The minimum absolute atomic E-state index is 0.0517. The molecule has 4 rings (SSSR count). The number of benzene rings is 3. The van der Waals surface area contributed by atoms with Gasteiger partial charge < -0.3 is 24.3 Å². The van der Waals surface area contributed by atoms with Gasteiger partial charge in [-0.1, -0.05) is 98.3 Å². The Morgan fingerprint density at radius 3 is 2.06 bits per heavy atom. The fourth-order valence-corrected chi connectivity index (χ4v) is 5.58. The fourth-order valence-electron chi connectivity index (χ4n) is 5.58. The van der Waals surface area contributed by atoms with E-state index in [9.17, 15) is 19.2 Å². The zero-order chi connectivity index (χ0) is 33.4. The van der Waals surface area contributed by atoms with Crippen LogP contribution in [0.15, 0.2) is 84.9 Å². The summed E-state index contributed by atoms with van der Waals surface area (Å²) in [6, 6.07) is 27.0. The Kier molecular flexibility index (Phi) is 13.8. The Hall–Kier alpha value is -4.66. The Morgan fingerprint density at radius 1 is 0.745 bits per heavy atom. The molecule has 3 atom stereocenters. The first-order valence-corrected chi connectivity index (χ1v) is 16.5. The third-order valence-electron chi connectivity index (χ3n) is 8.11. The van der Waals surface area contributed by atoms with Crippen LogP contribution in [0.1, 0.15) is 76.3 Å². The van der Waals surface area contributed by atoms with Crippen molar-refractivity contribution in [3.05, 3.63) is 96.1 Å². The number of amides is 1. The third-order valence-corrected chi connectivity index (χ3v) is 8.11. The summed E-state index contributed by atoms with van der Waals surface area (Å²) in [5, 5.41) is 3.00. The van der Waals surface area contributed by atoms with Crippen molar-refractivity contribution in [2.24, 2.45) is 5.92 Å². The zero-order valence-electron chi connectivity index (χ0n) is 27.2. The van der Waals surface area contributed by atoms with Gasteiger partial charge >= 0.3 is 18.1 Å². The van der Waals surface area contributed by atoms with Crippen molar-refractivity contribution in [1.82, 2.24) is 5.32 Å². The normalized spacial score (nSPS) is 15.0. The number of carbonyl (C=O) groups excluding carboxylic acids is 4. The quantitative estimate of drug-likeness (QED) is 0.104. The first-order chi connectivity index (χ1) is 22.7. The second-order valence-electron chi connectivity index (χ2n) is 12.1. The highest BCUT2D eigenvalue weighted by Gasteiger charge is 2.26. The molecule has 0 aromatic heterocycles. The van der Waals surface area contributed by atoms with Crippen LogP contribution < -0.4 is 5.32 Å². The molecule has 1 aliphatic carbocycles. The molecule has 250 valence electrons. The summed E-state index contributed by atoms with van der Waals surface area (Å²) in [4.78, 5) is 50.4. The summed E-state index contributed by atoms with van der Waals surface area (Å²) < 4.78 is 21.2. The predicted octanol–water partition coefficient (Wildman–Crippen LogP) is 7.31. The van der Waals surface area contributed by atoms with Gasteiger partial charge in [0.2, 0.25) is 12.2 Å². The molecule has 0 saturated heterocycles. The van der Waals surface area contributed by atoms with Crippen molar-refractivity contribution in [2.75, 3.05) is 0 Å². The van der Waals surface area contributed by atoms with Gasteiger partial charge in [0.05, 0.1) is 12.3 Å². The van der Waals surface area contributed by atoms with Gasteiger partial charge in [-0.2, -0.15) is 0 Å². The minimum Gasteiger partial charge on any atom is -0.461 e. The lowest BCUT2D eigenvalue weighted by molar-refractivity contribution is -0.173. The molecule has 0 heterocycles. The van der Waals surface area contributed by atoms with E-state index in [1.165, 1.54) is 6.92 Å². The van der Waals surface area contributed by atoms with Crippen LogP contribution in [0.25, 0.3) is 11.1 Å². The SMILES string of the molecule is CC(OC(=O)OC1CCCCC1)OC(=O)C(C)CC(Cc1ccc(-c2ccccc2)cc1)NC(=O)CCC(=O)OCc1ccccc1. The van der Waals surface area contributed by atoms with E-state index in [-0.39, 0.29) is 37.9 Å². The molecule has 1 N–H and O–H groups in total. The van der Waals surface area contributed by atoms with Gasteiger partial charge in [0, 0.05) is 19.4 Å². The Labute approximate surface area is 276 Å². The molecule has 1 aliphatic rings. The molecule has 47 heavy (non-hydrogen) atoms. The highest BCUT2D eigenvalue weighted by Crippen LogP contribution is 2.23. The smallest absolute Gasteiger partial charge is 0.461 e. The molecule has 3 aromatic carbocycles. The standard InChI is InChI=1S/C38H45NO8/c1-27(37(42)45-28(2)46-38(43)47-34-16-10-5-11-17-34)24-33(25-29-18-20-32(21-19-29)31-14-8-4-9-15-31)39-35(40)22-23-36(41)44-26-30-12-6-3-7-13-30/h3-4,6-9,12-15,18-21,27-28,33-34H,5,10-11,16-17,22-26H2,1-2H3,(H,39,40). The van der Waals surface area contributed by atoms with Crippen LogP contribution in [0.5, 0.6) is 0 Å². The van der Waals surface area contributed by atoms with Crippen LogP contribution in [0.2, 0.25) is 0 Å². The second-order valence-corrected chi connectivity index (χ2v) is 12.1. The van der Waals surface area contributed by atoms with Crippen molar-refractivity contribution in [1.29, 1.82) is 0 Å². The Morgan fingerprint density at radius 2 is 1.38 bits per heavy atom. The van der Waals surface area contributed by atoms with Crippen molar-refractivity contribution in [2.45, 2.75) is 96.7 Å². The molecule has 3 aromatic rings.